The summed E-state index contributed by atoms with van der Waals surface area (Å²) in [7, 11) is 2.05. The van der Waals surface area contributed by atoms with E-state index in [1.54, 1.807) is 0 Å². The molecule has 1 N–H and O–H groups in total. The van der Waals surface area contributed by atoms with E-state index in [9.17, 15) is 0 Å². The lowest BCUT2D eigenvalue weighted by Crippen LogP contribution is -2.38. The number of hydrogen-bond donors (Lipinski definition) is 1. The van der Waals surface area contributed by atoms with Crippen LogP contribution in [0.5, 0.6) is 5.75 Å². The minimum Gasteiger partial charge on any atom is -0.489 e. The summed E-state index contributed by atoms with van der Waals surface area (Å²) >= 11 is 0. The van der Waals surface area contributed by atoms with Gasteiger partial charge in [-0.05, 0) is 75.6 Å². The van der Waals surface area contributed by atoms with Gasteiger partial charge in [-0.3, -0.25) is 4.90 Å². The van der Waals surface area contributed by atoms with Crippen LogP contribution in [0.4, 0.5) is 0 Å². The zero-order valence-corrected chi connectivity index (χ0v) is 15.4. The van der Waals surface area contributed by atoms with Crippen molar-refractivity contribution in [2.75, 3.05) is 26.7 Å². The molecule has 0 aromatic heterocycles. The van der Waals surface area contributed by atoms with E-state index in [-0.39, 0.29) is 0 Å². The molecule has 0 spiro atoms. The van der Waals surface area contributed by atoms with Crippen LogP contribution in [0, 0.1) is 5.92 Å². The molecule has 1 unspecified atom stereocenters. The molecule has 0 saturated carbocycles. The molecule has 2 aromatic carbocycles. The van der Waals surface area contributed by atoms with Crippen molar-refractivity contribution in [1.82, 2.24) is 10.2 Å². The van der Waals surface area contributed by atoms with Crippen LogP contribution in [-0.2, 0) is 6.61 Å². The zero-order chi connectivity index (χ0) is 17.5. The molecule has 1 fully saturated rings. The van der Waals surface area contributed by atoms with Crippen molar-refractivity contribution in [3.8, 4) is 5.75 Å². The van der Waals surface area contributed by atoms with Crippen molar-refractivity contribution >= 4 is 0 Å². The normalized spacial score (nSPS) is 17.4. The van der Waals surface area contributed by atoms with E-state index in [1.165, 1.54) is 37.1 Å². The molecule has 3 rings (SSSR count). The van der Waals surface area contributed by atoms with Crippen LogP contribution >= 0.6 is 0 Å². The largest absolute Gasteiger partial charge is 0.489 e. The Labute approximate surface area is 152 Å². The number of ether oxygens (including phenoxy) is 1. The van der Waals surface area contributed by atoms with Crippen molar-refractivity contribution in [2.24, 2.45) is 5.92 Å². The van der Waals surface area contributed by atoms with Crippen LogP contribution in [-0.4, -0.2) is 31.6 Å². The van der Waals surface area contributed by atoms with Gasteiger partial charge in [-0.1, -0.05) is 42.5 Å². The molecule has 25 heavy (non-hydrogen) atoms. The van der Waals surface area contributed by atoms with Gasteiger partial charge in [-0.25, -0.2) is 0 Å². The minimum atomic E-state index is 0.471. The van der Waals surface area contributed by atoms with Gasteiger partial charge in [0.05, 0.1) is 0 Å². The predicted octanol–water partition coefficient (Wildman–Crippen LogP) is 4.26. The van der Waals surface area contributed by atoms with Gasteiger partial charge in [0, 0.05) is 6.04 Å². The smallest absolute Gasteiger partial charge is 0.119 e. The fourth-order valence-corrected chi connectivity index (χ4v) is 3.63. The number of hydrogen-bond acceptors (Lipinski definition) is 3. The molecule has 1 aliphatic rings. The fourth-order valence-electron chi connectivity index (χ4n) is 3.63. The standard InChI is InChI=1S/C22H30N2O/c1-18(24-14-12-19(13-15-24)16-23-2)21-8-10-22(11-9-21)25-17-20-6-4-3-5-7-20/h3-11,18-19,23H,12-17H2,1-2H3. The summed E-state index contributed by atoms with van der Waals surface area (Å²) in [5, 5.41) is 3.31. The monoisotopic (exact) mass is 338 g/mol. The van der Waals surface area contributed by atoms with E-state index in [0.717, 1.165) is 18.2 Å². The maximum Gasteiger partial charge on any atom is 0.119 e. The number of nitrogens with zero attached hydrogens (tertiary/aromatic N) is 1. The van der Waals surface area contributed by atoms with Crippen molar-refractivity contribution in [3.63, 3.8) is 0 Å². The third-order valence-corrected chi connectivity index (χ3v) is 5.30. The van der Waals surface area contributed by atoms with Crippen LogP contribution in [0.15, 0.2) is 54.6 Å². The highest BCUT2D eigenvalue weighted by Crippen LogP contribution is 2.27. The second kappa shape index (κ2) is 9.02. The molecule has 134 valence electrons. The summed E-state index contributed by atoms with van der Waals surface area (Å²) in [4.78, 5) is 2.60. The van der Waals surface area contributed by atoms with Crippen molar-refractivity contribution in [3.05, 3.63) is 65.7 Å². The Morgan fingerprint density at radius 1 is 1.04 bits per heavy atom. The topological polar surface area (TPSA) is 24.5 Å². The molecular weight excluding hydrogens is 308 g/mol. The molecule has 1 heterocycles. The minimum absolute atomic E-state index is 0.471. The van der Waals surface area contributed by atoms with Gasteiger partial charge in [0.15, 0.2) is 0 Å². The highest BCUT2D eigenvalue weighted by molar-refractivity contribution is 5.29. The first kappa shape index (κ1) is 18.0. The molecule has 0 radical (unpaired) electrons. The van der Waals surface area contributed by atoms with Crippen molar-refractivity contribution in [2.45, 2.75) is 32.4 Å². The molecular formula is C22H30N2O. The molecule has 2 aromatic rings. The quantitative estimate of drug-likeness (QED) is 0.816. The van der Waals surface area contributed by atoms with Crippen LogP contribution in [0.2, 0.25) is 0 Å². The first-order valence-electron chi connectivity index (χ1n) is 9.41. The summed E-state index contributed by atoms with van der Waals surface area (Å²) in [6.07, 6.45) is 2.59. The molecule has 0 aliphatic carbocycles. The Morgan fingerprint density at radius 2 is 1.72 bits per heavy atom. The van der Waals surface area contributed by atoms with Crippen LogP contribution in [0.3, 0.4) is 0 Å². The fraction of sp³-hybridized carbons (Fsp3) is 0.455. The molecule has 3 nitrogen and oxygen atoms in total. The summed E-state index contributed by atoms with van der Waals surface area (Å²) < 4.78 is 5.89. The summed E-state index contributed by atoms with van der Waals surface area (Å²) in [6.45, 7) is 6.47. The van der Waals surface area contributed by atoms with E-state index >= 15 is 0 Å². The van der Waals surface area contributed by atoms with Crippen LogP contribution in [0.25, 0.3) is 0 Å². The molecule has 1 saturated heterocycles. The highest BCUT2D eigenvalue weighted by atomic mass is 16.5. The lowest BCUT2D eigenvalue weighted by atomic mass is 9.94. The van der Waals surface area contributed by atoms with Gasteiger partial charge in [-0.15, -0.1) is 0 Å². The average Bonchev–Trinajstić information content (AvgIpc) is 2.68. The predicted molar refractivity (Wildman–Crippen MR) is 104 cm³/mol. The van der Waals surface area contributed by atoms with Crippen LogP contribution < -0.4 is 10.1 Å². The van der Waals surface area contributed by atoms with E-state index in [0.29, 0.717) is 12.6 Å². The summed E-state index contributed by atoms with van der Waals surface area (Å²) in [5.41, 5.74) is 2.57. The SMILES string of the molecule is CNCC1CCN(C(C)c2ccc(OCc3ccccc3)cc2)CC1. The highest BCUT2D eigenvalue weighted by Gasteiger charge is 2.23. The molecule has 0 amide bonds. The Balaban J connectivity index is 1.51. The van der Waals surface area contributed by atoms with Gasteiger partial charge in [-0.2, -0.15) is 0 Å². The van der Waals surface area contributed by atoms with Gasteiger partial charge in [0.25, 0.3) is 0 Å². The number of likely N-dealkylation sites (tertiary alicyclic amines) is 1. The maximum atomic E-state index is 5.89. The first-order chi connectivity index (χ1) is 12.3. The Morgan fingerprint density at radius 3 is 2.36 bits per heavy atom. The van der Waals surface area contributed by atoms with E-state index in [4.69, 9.17) is 4.74 Å². The van der Waals surface area contributed by atoms with E-state index in [2.05, 4.69) is 60.6 Å². The lowest BCUT2D eigenvalue weighted by molar-refractivity contribution is 0.141. The second-order valence-corrected chi connectivity index (χ2v) is 7.06. The number of benzene rings is 2. The molecule has 3 heteroatoms. The number of piperidine rings is 1. The van der Waals surface area contributed by atoms with Crippen molar-refractivity contribution < 1.29 is 4.74 Å². The Kier molecular flexibility index (Phi) is 6.48. The zero-order valence-electron chi connectivity index (χ0n) is 15.4. The third-order valence-electron chi connectivity index (χ3n) is 5.30. The van der Waals surface area contributed by atoms with Gasteiger partial charge in [0.1, 0.15) is 12.4 Å². The van der Waals surface area contributed by atoms with E-state index in [1.807, 2.05) is 18.2 Å². The number of rotatable bonds is 7. The summed E-state index contributed by atoms with van der Waals surface area (Å²) in [6, 6.07) is 19.4. The number of nitrogens with one attached hydrogen (secondary N) is 1. The van der Waals surface area contributed by atoms with Gasteiger partial charge in [0.2, 0.25) is 0 Å². The van der Waals surface area contributed by atoms with Crippen LogP contribution in [0.1, 0.15) is 36.9 Å². The summed E-state index contributed by atoms with van der Waals surface area (Å²) in [5.74, 6) is 1.77. The lowest BCUT2D eigenvalue weighted by Gasteiger charge is -2.36. The maximum absolute atomic E-state index is 5.89. The van der Waals surface area contributed by atoms with Crippen molar-refractivity contribution in [1.29, 1.82) is 0 Å². The second-order valence-electron chi connectivity index (χ2n) is 7.06. The molecule has 1 atom stereocenters. The Hall–Kier alpha value is -1.84. The van der Waals surface area contributed by atoms with E-state index < -0.39 is 0 Å². The average molecular weight is 338 g/mol. The van der Waals surface area contributed by atoms with Gasteiger partial charge < -0.3 is 10.1 Å². The third kappa shape index (κ3) is 5.07. The first-order valence-corrected chi connectivity index (χ1v) is 9.41. The van der Waals surface area contributed by atoms with Gasteiger partial charge >= 0.3 is 0 Å². The molecule has 0 bridgehead atoms. The Bertz CT molecular complexity index is 618. The molecule has 1 aliphatic heterocycles.